The molecule has 3 heterocycles. The Bertz CT molecular complexity index is 929. The Morgan fingerprint density at radius 3 is 2.63 bits per heavy atom. The number of aromatic nitrogens is 2. The fraction of sp³-hybridized carbons (Fsp3) is 0.238. The van der Waals surface area contributed by atoms with E-state index in [1.807, 2.05) is 51.9 Å². The second-order valence-electron chi connectivity index (χ2n) is 6.67. The summed E-state index contributed by atoms with van der Waals surface area (Å²) in [6, 6.07) is 15.5. The Morgan fingerprint density at radius 2 is 1.85 bits per heavy atom. The van der Waals surface area contributed by atoms with Crippen LogP contribution in [0.4, 0.5) is 0 Å². The van der Waals surface area contributed by atoms with E-state index < -0.39 is 0 Å². The predicted octanol–water partition coefficient (Wildman–Crippen LogP) is 2.44. The first kappa shape index (κ1) is 17.1. The first-order valence-electron chi connectivity index (χ1n) is 9.15. The third kappa shape index (κ3) is 3.65. The number of carbonyl (C=O) groups is 2. The molecular weight excluding hydrogens is 340 g/mol. The smallest absolute Gasteiger partial charge is 0.268 e. The average molecular weight is 362 g/mol. The van der Waals surface area contributed by atoms with Crippen molar-refractivity contribution in [2.75, 3.05) is 13.1 Å². The van der Waals surface area contributed by atoms with Gasteiger partial charge in [-0.2, -0.15) is 0 Å². The predicted molar refractivity (Wildman–Crippen MR) is 102 cm³/mol. The van der Waals surface area contributed by atoms with Gasteiger partial charge in [0.2, 0.25) is 0 Å². The number of hydrogen-bond donors (Lipinski definition) is 2. The maximum Gasteiger partial charge on any atom is 0.268 e. The molecule has 1 aromatic carbocycles. The molecule has 2 aromatic heterocycles. The molecule has 0 saturated carbocycles. The molecule has 2 amide bonds. The van der Waals surface area contributed by atoms with Gasteiger partial charge in [-0.1, -0.05) is 30.3 Å². The Balaban J connectivity index is 1.43. The second kappa shape index (κ2) is 7.53. The molecule has 6 nitrogen and oxygen atoms in total. The van der Waals surface area contributed by atoms with E-state index in [9.17, 15) is 9.59 Å². The number of H-pyrrole nitrogens is 1. The summed E-state index contributed by atoms with van der Waals surface area (Å²) in [5, 5.41) is 2.98. The molecule has 0 fully saturated rings. The molecule has 0 radical (unpaired) electrons. The van der Waals surface area contributed by atoms with Crippen LogP contribution < -0.4 is 5.32 Å². The highest BCUT2D eigenvalue weighted by Gasteiger charge is 2.23. The molecule has 0 atom stereocenters. The number of nitrogens with zero attached hydrogens (tertiary/aromatic N) is 2. The van der Waals surface area contributed by atoms with Gasteiger partial charge in [-0.25, -0.2) is 0 Å². The van der Waals surface area contributed by atoms with Crippen LogP contribution in [0.1, 0.15) is 32.1 Å². The van der Waals surface area contributed by atoms with Crippen LogP contribution in [0.5, 0.6) is 0 Å². The summed E-state index contributed by atoms with van der Waals surface area (Å²) in [5.74, 6) is -0.0624. The van der Waals surface area contributed by atoms with Crippen LogP contribution in [0.2, 0.25) is 0 Å². The van der Waals surface area contributed by atoms with Crippen molar-refractivity contribution in [3.8, 4) is 0 Å². The van der Waals surface area contributed by atoms with Crippen LogP contribution in [0.3, 0.4) is 0 Å². The first-order valence-corrected chi connectivity index (χ1v) is 9.15. The Labute approximate surface area is 157 Å². The highest BCUT2D eigenvalue weighted by atomic mass is 16.2. The average Bonchev–Trinajstić information content (AvgIpc) is 3.33. The number of carbonyl (C=O) groups excluding carboxylic acids is 2. The van der Waals surface area contributed by atoms with E-state index in [4.69, 9.17) is 0 Å². The zero-order valence-electron chi connectivity index (χ0n) is 15.0. The van der Waals surface area contributed by atoms with Crippen LogP contribution in [-0.2, 0) is 19.5 Å². The molecular formula is C21H22N4O2. The largest absolute Gasteiger partial charge is 0.367 e. The molecule has 0 saturated heterocycles. The number of amides is 2. The quantitative estimate of drug-likeness (QED) is 0.748. The molecule has 1 aliphatic rings. The molecule has 4 rings (SSSR count). The summed E-state index contributed by atoms with van der Waals surface area (Å²) < 4.78 is 2.03. The van der Waals surface area contributed by atoms with Gasteiger partial charge >= 0.3 is 0 Å². The van der Waals surface area contributed by atoms with Gasteiger partial charge in [0.05, 0.1) is 5.56 Å². The summed E-state index contributed by atoms with van der Waals surface area (Å²) in [4.78, 5) is 30.0. The molecule has 2 N–H and O–H groups in total. The van der Waals surface area contributed by atoms with Crippen molar-refractivity contribution < 1.29 is 9.59 Å². The van der Waals surface area contributed by atoms with Gasteiger partial charge in [0.1, 0.15) is 5.69 Å². The summed E-state index contributed by atoms with van der Waals surface area (Å²) in [6.45, 7) is 2.36. The molecule has 0 bridgehead atoms. The maximum absolute atomic E-state index is 12.6. The van der Waals surface area contributed by atoms with Gasteiger partial charge in [0, 0.05) is 50.7 Å². The number of aromatic amines is 1. The van der Waals surface area contributed by atoms with E-state index in [1.165, 1.54) is 0 Å². The highest BCUT2D eigenvalue weighted by molar-refractivity contribution is 5.94. The van der Waals surface area contributed by atoms with Crippen molar-refractivity contribution in [3.63, 3.8) is 0 Å². The van der Waals surface area contributed by atoms with E-state index in [2.05, 4.69) is 10.3 Å². The van der Waals surface area contributed by atoms with Gasteiger partial charge < -0.3 is 19.8 Å². The lowest BCUT2D eigenvalue weighted by Gasteiger charge is -2.19. The van der Waals surface area contributed by atoms with Crippen molar-refractivity contribution in [1.82, 2.24) is 19.8 Å². The third-order valence-electron chi connectivity index (χ3n) is 4.96. The summed E-state index contributed by atoms with van der Waals surface area (Å²) in [5.41, 5.74) is 3.47. The monoisotopic (exact) mass is 362 g/mol. The van der Waals surface area contributed by atoms with Gasteiger partial charge in [0.25, 0.3) is 11.8 Å². The topological polar surface area (TPSA) is 70.1 Å². The van der Waals surface area contributed by atoms with Gasteiger partial charge in [0.15, 0.2) is 0 Å². The zero-order valence-corrected chi connectivity index (χ0v) is 15.0. The standard InChI is InChI=1S/C21H22N4O2/c26-20(23-14-16-4-2-1-3-5-16)19-7-6-18-9-11-24(12-13-25(18)19)21(27)17-8-10-22-15-17/h1-8,10,15,22H,9,11-14H2,(H,23,26). The van der Waals surface area contributed by atoms with Crippen molar-refractivity contribution in [3.05, 3.63) is 83.4 Å². The molecule has 1 aliphatic heterocycles. The lowest BCUT2D eigenvalue weighted by Crippen LogP contribution is -2.33. The van der Waals surface area contributed by atoms with Gasteiger partial charge in [-0.05, 0) is 23.8 Å². The van der Waals surface area contributed by atoms with Crippen LogP contribution in [0.25, 0.3) is 0 Å². The molecule has 0 unspecified atom stereocenters. The number of benzene rings is 1. The van der Waals surface area contributed by atoms with Crippen molar-refractivity contribution in [1.29, 1.82) is 0 Å². The molecule has 6 heteroatoms. The lowest BCUT2D eigenvalue weighted by molar-refractivity contribution is 0.0759. The minimum atomic E-state index is -0.0875. The third-order valence-corrected chi connectivity index (χ3v) is 4.96. The Morgan fingerprint density at radius 1 is 1.00 bits per heavy atom. The SMILES string of the molecule is O=C(NCc1ccccc1)c1ccc2n1CCN(C(=O)c1cc[nH]c1)CC2. The number of hydrogen-bond acceptors (Lipinski definition) is 2. The van der Waals surface area contributed by atoms with E-state index >= 15 is 0 Å². The fourth-order valence-corrected chi connectivity index (χ4v) is 3.48. The maximum atomic E-state index is 12.6. The summed E-state index contributed by atoms with van der Waals surface area (Å²) in [7, 11) is 0. The van der Waals surface area contributed by atoms with Crippen LogP contribution >= 0.6 is 0 Å². The Hall–Kier alpha value is -3.28. The van der Waals surface area contributed by atoms with Crippen molar-refractivity contribution in [2.45, 2.75) is 19.5 Å². The number of fused-ring (bicyclic) bond motifs is 1. The fourth-order valence-electron chi connectivity index (χ4n) is 3.48. The van der Waals surface area contributed by atoms with E-state index in [0.29, 0.717) is 37.4 Å². The molecule has 27 heavy (non-hydrogen) atoms. The minimum Gasteiger partial charge on any atom is -0.367 e. The van der Waals surface area contributed by atoms with Crippen LogP contribution in [0.15, 0.2) is 60.9 Å². The lowest BCUT2D eigenvalue weighted by atomic mass is 10.2. The summed E-state index contributed by atoms with van der Waals surface area (Å²) in [6.07, 6.45) is 4.21. The van der Waals surface area contributed by atoms with Crippen LogP contribution in [-0.4, -0.2) is 39.4 Å². The van der Waals surface area contributed by atoms with E-state index in [-0.39, 0.29) is 11.8 Å². The second-order valence-corrected chi connectivity index (χ2v) is 6.67. The molecule has 138 valence electrons. The zero-order chi connectivity index (χ0) is 18.6. The van der Waals surface area contributed by atoms with Crippen LogP contribution in [0, 0.1) is 0 Å². The van der Waals surface area contributed by atoms with E-state index in [0.717, 1.165) is 17.7 Å². The minimum absolute atomic E-state index is 0.0251. The number of nitrogens with one attached hydrogen (secondary N) is 2. The van der Waals surface area contributed by atoms with E-state index in [1.54, 1.807) is 18.5 Å². The molecule has 0 aliphatic carbocycles. The molecule has 3 aromatic rings. The highest BCUT2D eigenvalue weighted by Crippen LogP contribution is 2.16. The first-order chi connectivity index (χ1) is 13.2. The van der Waals surface area contributed by atoms with Gasteiger partial charge in [-0.3, -0.25) is 9.59 Å². The normalized spacial score (nSPS) is 13.7. The van der Waals surface area contributed by atoms with Crippen molar-refractivity contribution in [2.24, 2.45) is 0 Å². The van der Waals surface area contributed by atoms with Crippen molar-refractivity contribution >= 4 is 11.8 Å². The number of rotatable bonds is 4. The Kier molecular flexibility index (Phi) is 4.78. The van der Waals surface area contributed by atoms with Gasteiger partial charge in [-0.15, -0.1) is 0 Å². The molecule has 0 spiro atoms. The summed E-state index contributed by atoms with van der Waals surface area (Å²) >= 11 is 0.